The molecule has 0 atom stereocenters. The van der Waals surface area contributed by atoms with Crippen LogP contribution >= 0.6 is 0 Å². The molecule has 0 aliphatic carbocycles. The van der Waals surface area contributed by atoms with Gasteiger partial charge in [-0.15, -0.1) is 5.19 Å². The maximum atomic E-state index is 12.6. The molecule has 1 aromatic rings. The van der Waals surface area contributed by atoms with Crippen LogP contribution in [0, 0.1) is 0 Å². The molecule has 1 aromatic carbocycles. The second kappa shape index (κ2) is 20.8. The molecular weight excluding hydrogens is 660 g/mol. The molecule has 0 fully saturated rings. The largest absolute Gasteiger partial charge is 4.00 e. The average Bonchev–Trinajstić information content (AvgIpc) is 3.16. The monoisotopic (exact) mass is 695 g/mol. The van der Waals surface area contributed by atoms with Crippen LogP contribution in [0.3, 0.4) is 0 Å². The minimum Gasteiger partial charge on any atom is -0.677 e. The smallest absolute Gasteiger partial charge is 0.677 e. The quantitative estimate of drug-likeness (QED) is 0.156. The van der Waals surface area contributed by atoms with Crippen molar-refractivity contribution in [1.82, 2.24) is 0 Å². The van der Waals surface area contributed by atoms with Crippen LogP contribution < -0.4 is 5.19 Å². The van der Waals surface area contributed by atoms with E-state index in [9.17, 15) is 39.5 Å². The van der Waals surface area contributed by atoms with Gasteiger partial charge in [-0.25, -0.2) is 12.1 Å². The fourth-order valence-corrected chi connectivity index (χ4v) is 4.77. The molecule has 0 aliphatic rings. The van der Waals surface area contributed by atoms with Gasteiger partial charge in [0.2, 0.25) is 0 Å². The first-order valence-electron chi connectivity index (χ1n) is 10.5. The van der Waals surface area contributed by atoms with Gasteiger partial charge in [0.25, 0.3) is 0 Å². The predicted molar refractivity (Wildman–Crippen MR) is 118 cm³/mol. The van der Waals surface area contributed by atoms with Gasteiger partial charge in [0.15, 0.2) is 0 Å². The van der Waals surface area contributed by atoms with Gasteiger partial charge >= 0.3 is 51.3 Å². The molecule has 0 heterocycles. The van der Waals surface area contributed by atoms with Crippen molar-refractivity contribution >= 4 is 13.3 Å². The van der Waals surface area contributed by atoms with Crippen molar-refractivity contribution in [2.24, 2.45) is 0 Å². The van der Waals surface area contributed by atoms with E-state index in [1.807, 2.05) is 0 Å². The van der Waals surface area contributed by atoms with Crippen molar-refractivity contribution in [2.45, 2.75) is 76.7 Å². The summed E-state index contributed by atoms with van der Waals surface area (Å²) < 4.78 is 113. The Morgan fingerprint density at radius 2 is 0.824 bits per heavy atom. The fourth-order valence-electron chi connectivity index (χ4n) is 2.13. The van der Waals surface area contributed by atoms with Gasteiger partial charge in [0.1, 0.15) is 0 Å². The summed E-state index contributed by atoms with van der Waals surface area (Å²) >= 11 is 0. The second-order valence-electron chi connectivity index (χ2n) is 6.73. The molecule has 34 heavy (non-hydrogen) atoms. The molecule has 0 unspecified atom stereocenters. The summed E-state index contributed by atoms with van der Waals surface area (Å²) in [5.74, 6) is -19.2. The van der Waals surface area contributed by atoms with Crippen LogP contribution in [0.2, 0.25) is 0 Å². The summed E-state index contributed by atoms with van der Waals surface area (Å²) in [5, 5.41) is -1.75. The molecule has 200 valence electrons. The van der Waals surface area contributed by atoms with E-state index >= 15 is 0 Å². The molecule has 0 amide bonds. The van der Waals surface area contributed by atoms with Gasteiger partial charge in [-0.05, 0) is 0 Å². The van der Waals surface area contributed by atoms with Crippen LogP contribution in [-0.4, -0.2) is 45.1 Å². The predicted octanol–water partition coefficient (Wildman–Crippen LogP) is 8.88. The Labute approximate surface area is 216 Å². The van der Waals surface area contributed by atoms with Crippen LogP contribution in [0.25, 0.3) is 17.2 Å². The van der Waals surface area contributed by atoms with Gasteiger partial charge in [-0.3, -0.25) is 0 Å². The molecule has 0 spiro atoms. The molecule has 1 rings (SSSR count). The van der Waals surface area contributed by atoms with Crippen molar-refractivity contribution in [3.8, 4) is 0 Å². The number of hydrogen-bond donors (Lipinski definition) is 0. The Morgan fingerprint density at radius 3 is 0.941 bits per heavy atom. The van der Waals surface area contributed by atoms with E-state index in [4.69, 9.17) is 17.2 Å². The summed E-state index contributed by atoms with van der Waals surface area (Å²) in [4.78, 5) is 0. The van der Waals surface area contributed by atoms with Gasteiger partial charge < -0.3 is 17.2 Å². The Bertz CT molecular complexity index is 493. The van der Waals surface area contributed by atoms with Crippen LogP contribution in [-0.2, 0) is 25.8 Å². The minimum atomic E-state index is -7.72. The number of halogens is 9. The fraction of sp³-hybridized carbons (Fsp3) is 0.750. The van der Waals surface area contributed by atoms with E-state index in [2.05, 4.69) is 20.8 Å². The third-order valence-corrected chi connectivity index (χ3v) is 7.71. The zero-order valence-electron chi connectivity index (χ0n) is 19.6. The first-order valence-corrected chi connectivity index (χ1v) is 12.5. The van der Waals surface area contributed by atoms with E-state index in [0.717, 1.165) is 38.5 Å². The molecular formula is C20H34F9HfN3Si. The van der Waals surface area contributed by atoms with E-state index in [1.165, 1.54) is 0 Å². The van der Waals surface area contributed by atoms with Gasteiger partial charge in [0.05, 0.1) is 0 Å². The van der Waals surface area contributed by atoms with Crippen LogP contribution in [0.1, 0.15) is 59.3 Å². The van der Waals surface area contributed by atoms with Crippen molar-refractivity contribution in [1.29, 1.82) is 0 Å². The molecule has 0 bridgehead atoms. The average molecular weight is 694 g/mol. The molecule has 0 aromatic heterocycles. The Balaban J connectivity index is -0.000000231. The number of hydrogen-bond acceptors (Lipinski definition) is 0. The maximum Gasteiger partial charge on any atom is 4.00 e. The Morgan fingerprint density at radius 1 is 0.588 bits per heavy atom. The normalized spacial score (nSPS) is 11.6. The summed E-state index contributed by atoms with van der Waals surface area (Å²) in [7, 11) is -7.72. The summed E-state index contributed by atoms with van der Waals surface area (Å²) in [6.07, 6.45) is 6.64. The summed E-state index contributed by atoms with van der Waals surface area (Å²) in [6, 6.07) is 1.84. The molecule has 0 saturated carbocycles. The zero-order chi connectivity index (χ0) is 26.8. The van der Waals surface area contributed by atoms with E-state index in [-0.39, 0.29) is 38.0 Å². The van der Waals surface area contributed by atoms with Gasteiger partial charge in [-0.2, -0.15) is 71.3 Å². The first-order chi connectivity index (χ1) is 15.1. The van der Waals surface area contributed by atoms with Crippen molar-refractivity contribution < 1.29 is 65.4 Å². The second-order valence-corrected chi connectivity index (χ2v) is 10.5. The van der Waals surface area contributed by atoms with Crippen molar-refractivity contribution in [2.75, 3.05) is 19.6 Å². The number of alkyl halides is 9. The van der Waals surface area contributed by atoms with Crippen LogP contribution in [0.5, 0.6) is 0 Å². The first kappa shape index (κ1) is 40.8. The third-order valence-electron chi connectivity index (χ3n) is 3.96. The van der Waals surface area contributed by atoms with Crippen LogP contribution in [0.4, 0.5) is 39.5 Å². The molecule has 0 aliphatic heterocycles. The van der Waals surface area contributed by atoms with Gasteiger partial charge in [0, 0.05) is 0 Å². The summed E-state index contributed by atoms with van der Waals surface area (Å²) in [6.45, 7) is 8.06. The minimum absolute atomic E-state index is 0. The molecule has 14 heteroatoms. The Kier molecular flexibility index (Phi) is 25.0. The van der Waals surface area contributed by atoms with E-state index in [0.29, 0.717) is 31.8 Å². The topological polar surface area (TPSA) is 71.4 Å². The third kappa shape index (κ3) is 14.3. The van der Waals surface area contributed by atoms with Crippen molar-refractivity contribution in [3.63, 3.8) is 0 Å². The van der Waals surface area contributed by atoms with Crippen LogP contribution in [0.15, 0.2) is 24.3 Å². The maximum absolute atomic E-state index is 12.6. The SMILES string of the molecule is CCCC[NH-].CCCC[NH-].CCCC[NH-].FC(F)(F)[Si]([c-]1cccc1)(C(F)(F)F)C(F)(F)F.[Hf+4]. The standard InChI is InChI=1S/C8H4F9Si.3C4H10N.Hf/c9-6(10,11)18(7(12,13)14,8(15,16)17)5-3-1-2-4-5;3*1-2-3-4-5;/h1-4H;3*5H,2-4H2,1H3;/q4*-1;+4. The molecule has 3 nitrogen and oxygen atoms in total. The number of nitrogens with one attached hydrogen (secondary N) is 3. The van der Waals surface area contributed by atoms with Crippen molar-refractivity contribution in [3.05, 3.63) is 41.5 Å². The zero-order valence-corrected chi connectivity index (χ0v) is 24.2. The summed E-state index contributed by atoms with van der Waals surface area (Å²) in [5.41, 5.74) is 19.8. The molecule has 3 N–H and O–H groups in total. The molecule has 0 saturated heterocycles. The number of unbranched alkanes of at least 4 members (excludes halogenated alkanes) is 3. The van der Waals surface area contributed by atoms with Gasteiger partial charge in [-0.1, -0.05) is 59.3 Å². The van der Waals surface area contributed by atoms with E-state index < -0.39 is 30.7 Å². The number of rotatable bonds is 7. The Hall–Kier alpha value is -0.313. The van der Waals surface area contributed by atoms with E-state index in [1.54, 1.807) is 0 Å². The molecule has 0 radical (unpaired) electrons.